The average molecular weight is 860 g/mol. The number of nitrogens with zero attached hydrogens (tertiary/aromatic N) is 1. The van der Waals surface area contributed by atoms with Crippen LogP contribution in [0.3, 0.4) is 0 Å². The molecule has 0 aromatic carbocycles. The largest absolute Gasteiger partial charge is 0.756 e. The number of phosphoric acid groups is 1. The molecule has 0 aliphatic carbocycles. The minimum Gasteiger partial charge on any atom is -0.756 e. The molecular formula is C50H86NO8P. The third-order valence-corrected chi connectivity index (χ3v) is 10.4. The van der Waals surface area contributed by atoms with Gasteiger partial charge in [-0.05, 0) is 89.9 Å². The van der Waals surface area contributed by atoms with Gasteiger partial charge in [0.25, 0.3) is 7.82 Å². The highest BCUT2D eigenvalue weighted by atomic mass is 31.2. The van der Waals surface area contributed by atoms with Crippen LogP contribution < -0.4 is 4.89 Å². The Hall–Kier alpha value is -2.81. The Morgan fingerprint density at radius 1 is 0.517 bits per heavy atom. The van der Waals surface area contributed by atoms with Gasteiger partial charge in [-0.25, -0.2) is 0 Å². The van der Waals surface area contributed by atoms with E-state index in [2.05, 4.69) is 92.8 Å². The molecule has 60 heavy (non-hydrogen) atoms. The maximum Gasteiger partial charge on any atom is 0.306 e. The van der Waals surface area contributed by atoms with Crippen LogP contribution in [0.1, 0.15) is 168 Å². The van der Waals surface area contributed by atoms with Crippen molar-refractivity contribution in [1.29, 1.82) is 0 Å². The number of phosphoric ester groups is 1. The molecule has 0 N–H and O–H groups in total. The predicted octanol–water partition coefficient (Wildman–Crippen LogP) is 12.9. The molecule has 0 saturated carbocycles. The lowest BCUT2D eigenvalue weighted by molar-refractivity contribution is -0.870. The van der Waals surface area contributed by atoms with Crippen LogP contribution in [0.15, 0.2) is 85.1 Å². The summed E-state index contributed by atoms with van der Waals surface area (Å²) < 4.78 is 33.8. The van der Waals surface area contributed by atoms with E-state index in [1.165, 1.54) is 64.2 Å². The molecular weight excluding hydrogens is 774 g/mol. The lowest BCUT2D eigenvalue weighted by atomic mass is 10.1. The smallest absolute Gasteiger partial charge is 0.306 e. The summed E-state index contributed by atoms with van der Waals surface area (Å²) in [5.41, 5.74) is 0. The third kappa shape index (κ3) is 44.7. The van der Waals surface area contributed by atoms with E-state index in [1.807, 2.05) is 27.2 Å². The number of unbranched alkanes of at least 4 members (excludes halogenated alkanes) is 13. The topological polar surface area (TPSA) is 111 Å². The Balaban J connectivity index is 4.49. The molecule has 0 rings (SSSR count). The lowest BCUT2D eigenvalue weighted by Crippen LogP contribution is -2.37. The second kappa shape index (κ2) is 41.5. The summed E-state index contributed by atoms with van der Waals surface area (Å²) in [6.45, 7) is 4.08. The Kier molecular flexibility index (Phi) is 39.6. The Labute approximate surface area is 367 Å². The fourth-order valence-corrected chi connectivity index (χ4v) is 6.44. The Bertz CT molecular complexity index is 1290. The Morgan fingerprint density at radius 3 is 1.42 bits per heavy atom. The minimum absolute atomic E-state index is 0.0498. The number of quaternary nitrogens is 1. The van der Waals surface area contributed by atoms with Gasteiger partial charge in [0.2, 0.25) is 0 Å². The number of ether oxygens (including phenoxy) is 2. The second-order valence-electron chi connectivity index (χ2n) is 16.4. The molecule has 0 spiro atoms. The van der Waals surface area contributed by atoms with Crippen molar-refractivity contribution < 1.29 is 42.1 Å². The molecule has 1 unspecified atom stereocenters. The van der Waals surface area contributed by atoms with Crippen LogP contribution in [0.2, 0.25) is 0 Å². The van der Waals surface area contributed by atoms with Crippen molar-refractivity contribution in [3.8, 4) is 0 Å². The number of carbonyl (C=O) groups is 2. The van der Waals surface area contributed by atoms with E-state index >= 15 is 0 Å². The summed E-state index contributed by atoms with van der Waals surface area (Å²) in [5, 5.41) is 0. The molecule has 0 saturated heterocycles. The molecule has 0 radical (unpaired) electrons. The molecule has 0 heterocycles. The molecule has 9 nitrogen and oxygen atoms in total. The first-order chi connectivity index (χ1) is 29.0. The quantitative estimate of drug-likeness (QED) is 0.0196. The SMILES string of the molecule is CCCCC/C=C/C/C=C/C/C=C/C/C=C/CCCCCC(=O)OC[C@H](COP(=O)([O-])OCC[N+](C)(C)C)OC(=O)CCC/C=C/C/C=C/C/C=C/CCCCCCCC. The summed E-state index contributed by atoms with van der Waals surface area (Å²) in [7, 11) is 1.10. The summed E-state index contributed by atoms with van der Waals surface area (Å²) in [5.74, 6) is -0.939. The molecule has 0 aromatic heterocycles. The standard InChI is InChI=1S/C50H86NO8P/c1-6-8-10-12-14-16-18-20-22-24-25-27-28-30-32-34-36-38-40-42-49(52)56-46-48(47-58-60(54,55)57-45-44-51(3,4)5)59-50(53)43-41-39-37-35-33-31-29-26-23-21-19-17-15-13-11-9-7-2/h14,16,20-23,25,27,29-32,35,37,48H,6-13,15,17-19,24,26,28,33-34,36,38-47H2,1-5H3/b16-14+,22-20+,23-21+,27-25+,31-29+,32-30+,37-35+/t48-/m1/s1. The van der Waals surface area contributed by atoms with E-state index in [9.17, 15) is 19.0 Å². The van der Waals surface area contributed by atoms with E-state index in [-0.39, 0.29) is 26.1 Å². The molecule has 10 heteroatoms. The molecule has 0 bridgehead atoms. The van der Waals surface area contributed by atoms with Gasteiger partial charge in [0.15, 0.2) is 6.10 Å². The minimum atomic E-state index is -4.65. The van der Waals surface area contributed by atoms with Crippen LogP contribution in [0.5, 0.6) is 0 Å². The number of allylic oxidation sites excluding steroid dienone is 14. The lowest BCUT2D eigenvalue weighted by Gasteiger charge is -2.28. The first-order valence-corrected chi connectivity index (χ1v) is 24.8. The van der Waals surface area contributed by atoms with Gasteiger partial charge in [-0.2, -0.15) is 0 Å². The van der Waals surface area contributed by atoms with Crippen LogP contribution in [-0.4, -0.2) is 70.0 Å². The van der Waals surface area contributed by atoms with Gasteiger partial charge < -0.3 is 27.9 Å². The van der Waals surface area contributed by atoms with Gasteiger partial charge in [-0.15, -0.1) is 0 Å². The highest BCUT2D eigenvalue weighted by Gasteiger charge is 2.21. The molecule has 0 fully saturated rings. The van der Waals surface area contributed by atoms with Crippen molar-refractivity contribution in [1.82, 2.24) is 0 Å². The first kappa shape index (κ1) is 57.2. The van der Waals surface area contributed by atoms with Gasteiger partial charge in [0.1, 0.15) is 19.8 Å². The third-order valence-electron chi connectivity index (χ3n) is 9.39. The zero-order chi connectivity index (χ0) is 44.3. The van der Waals surface area contributed by atoms with Gasteiger partial charge in [-0.1, -0.05) is 150 Å². The van der Waals surface area contributed by atoms with Crippen LogP contribution >= 0.6 is 7.82 Å². The highest BCUT2D eigenvalue weighted by Crippen LogP contribution is 2.38. The summed E-state index contributed by atoms with van der Waals surface area (Å²) in [6.07, 6.45) is 53.3. The van der Waals surface area contributed by atoms with Gasteiger partial charge in [0, 0.05) is 12.8 Å². The van der Waals surface area contributed by atoms with Crippen molar-refractivity contribution in [2.24, 2.45) is 0 Å². The van der Waals surface area contributed by atoms with E-state index in [0.717, 1.165) is 57.8 Å². The summed E-state index contributed by atoms with van der Waals surface area (Å²) in [6, 6.07) is 0. The number of hydrogen-bond donors (Lipinski definition) is 0. The second-order valence-corrected chi connectivity index (χ2v) is 17.8. The van der Waals surface area contributed by atoms with Crippen LogP contribution in [-0.2, 0) is 32.7 Å². The van der Waals surface area contributed by atoms with Crippen molar-refractivity contribution in [3.05, 3.63) is 85.1 Å². The molecule has 0 aliphatic heterocycles. The molecule has 0 aliphatic rings. The van der Waals surface area contributed by atoms with E-state index in [1.54, 1.807) is 0 Å². The van der Waals surface area contributed by atoms with Gasteiger partial charge in [0.05, 0.1) is 27.7 Å². The van der Waals surface area contributed by atoms with E-state index in [4.69, 9.17) is 18.5 Å². The number of esters is 2. The molecule has 0 aromatic rings. The molecule has 344 valence electrons. The van der Waals surface area contributed by atoms with Crippen molar-refractivity contribution >= 4 is 19.8 Å². The number of rotatable bonds is 41. The number of carbonyl (C=O) groups excluding carboxylic acids is 2. The van der Waals surface area contributed by atoms with Crippen molar-refractivity contribution in [2.45, 2.75) is 174 Å². The Morgan fingerprint density at radius 2 is 0.917 bits per heavy atom. The maximum atomic E-state index is 12.7. The fraction of sp³-hybridized carbons (Fsp3) is 0.680. The maximum absolute atomic E-state index is 12.7. The normalized spacial score (nSPS) is 14.3. The van der Waals surface area contributed by atoms with Crippen LogP contribution in [0, 0.1) is 0 Å². The van der Waals surface area contributed by atoms with Gasteiger partial charge in [-0.3, -0.25) is 14.2 Å². The van der Waals surface area contributed by atoms with E-state index in [0.29, 0.717) is 30.3 Å². The van der Waals surface area contributed by atoms with Gasteiger partial charge >= 0.3 is 11.9 Å². The highest BCUT2D eigenvalue weighted by molar-refractivity contribution is 7.45. The molecule has 0 amide bonds. The monoisotopic (exact) mass is 860 g/mol. The summed E-state index contributed by atoms with van der Waals surface area (Å²) in [4.78, 5) is 37.6. The zero-order valence-electron chi connectivity index (χ0n) is 38.6. The van der Waals surface area contributed by atoms with Crippen molar-refractivity contribution in [2.75, 3.05) is 47.5 Å². The average Bonchev–Trinajstić information content (AvgIpc) is 3.20. The summed E-state index contributed by atoms with van der Waals surface area (Å²) >= 11 is 0. The first-order valence-electron chi connectivity index (χ1n) is 23.3. The van der Waals surface area contributed by atoms with Crippen LogP contribution in [0.4, 0.5) is 0 Å². The molecule has 2 atom stereocenters. The predicted molar refractivity (Wildman–Crippen MR) is 249 cm³/mol. The zero-order valence-corrected chi connectivity index (χ0v) is 39.5. The van der Waals surface area contributed by atoms with E-state index < -0.39 is 32.5 Å². The number of hydrogen-bond acceptors (Lipinski definition) is 8. The van der Waals surface area contributed by atoms with Crippen LogP contribution in [0.25, 0.3) is 0 Å². The fourth-order valence-electron chi connectivity index (χ4n) is 5.71. The number of likely N-dealkylation sites (N-methyl/N-ethyl adjacent to an activating group) is 1. The van der Waals surface area contributed by atoms with Crippen molar-refractivity contribution in [3.63, 3.8) is 0 Å².